The van der Waals surface area contributed by atoms with Gasteiger partial charge < -0.3 is 10.4 Å². The summed E-state index contributed by atoms with van der Waals surface area (Å²) >= 11 is 6.02. The number of para-hydroxylation sites is 1. The van der Waals surface area contributed by atoms with Crippen molar-refractivity contribution in [1.82, 2.24) is 9.97 Å². The fraction of sp³-hybridized carbons (Fsp3) is 0.227. The van der Waals surface area contributed by atoms with Gasteiger partial charge in [-0.3, -0.25) is 9.80 Å². The lowest BCUT2D eigenvalue weighted by atomic mass is 10.0. The van der Waals surface area contributed by atoms with Crippen LogP contribution < -0.4 is 15.1 Å². The van der Waals surface area contributed by atoms with E-state index in [1.165, 1.54) is 4.90 Å². The van der Waals surface area contributed by atoms with E-state index in [9.17, 15) is 9.90 Å². The highest BCUT2D eigenvalue weighted by Gasteiger charge is 2.40. The number of hydrogen-bond donors (Lipinski definition) is 2. The van der Waals surface area contributed by atoms with Crippen LogP contribution in [-0.4, -0.2) is 33.8 Å². The zero-order valence-electron chi connectivity index (χ0n) is 16.7. The largest absolute Gasteiger partial charge is 0.394 e. The molecular weight excluding hydrogens is 402 g/mol. The Kier molecular flexibility index (Phi) is 5.57. The quantitative estimate of drug-likeness (QED) is 0.618. The molecule has 2 aromatic carbocycles. The second-order valence-electron chi connectivity index (χ2n) is 7.17. The molecule has 0 radical (unpaired) electrons. The number of nitrogens with one attached hydrogen (secondary N) is 1. The van der Waals surface area contributed by atoms with Crippen LogP contribution in [0.15, 0.2) is 60.8 Å². The Bertz CT molecular complexity index is 1050. The highest BCUT2D eigenvalue weighted by atomic mass is 35.5. The van der Waals surface area contributed by atoms with Gasteiger partial charge in [0.15, 0.2) is 0 Å². The molecule has 0 saturated heterocycles. The van der Waals surface area contributed by atoms with E-state index < -0.39 is 6.04 Å². The molecule has 0 bridgehead atoms. The Morgan fingerprint density at radius 2 is 1.87 bits per heavy atom. The summed E-state index contributed by atoms with van der Waals surface area (Å²) in [7, 11) is 0. The number of urea groups is 1. The normalized spacial score (nSPS) is 16.9. The Morgan fingerprint density at radius 3 is 2.53 bits per heavy atom. The van der Waals surface area contributed by atoms with Crippen molar-refractivity contribution in [3.05, 3.63) is 71.4 Å². The molecule has 154 valence electrons. The van der Waals surface area contributed by atoms with Gasteiger partial charge >= 0.3 is 6.03 Å². The number of fused-ring (bicyclic) bond motifs is 1. The van der Waals surface area contributed by atoms with Crippen LogP contribution in [0.3, 0.4) is 0 Å². The number of aliphatic hydroxyl groups excluding tert-OH is 1. The van der Waals surface area contributed by atoms with E-state index in [1.807, 2.05) is 37.3 Å². The maximum atomic E-state index is 13.5. The topological polar surface area (TPSA) is 81.6 Å². The van der Waals surface area contributed by atoms with Gasteiger partial charge in [0.2, 0.25) is 5.95 Å². The standard InChI is InChI=1S/C22H22ClN5O2/c1-14(13-29)27-20-19(12-24-21(26-20)25-17-6-4-3-5-7-17)15(2)28(22(27)30)18-10-8-16(23)9-11-18/h3-12,14-15,29H,13H2,1-2H3,(H,24,25,26)/t14-,15-/m1/s1. The van der Waals surface area contributed by atoms with Crippen LogP contribution in [0.2, 0.25) is 5.02 Å². The first-order chi connectivity index (χ1) is 14.5. The molecule has 2 amide bonds. The summed E-state index contributed by atoms with van der Waals surface area (Å²) < 4.78 is 0. The third-order valence-corrected chi connectivity index (χ3v) is 5.37. The third kappa shape index (κ3) is 3.69. The average Bonchev–Trinajstić information content (AvgIpc) is 2.75. The maximum absolute atomic E-state index is 13.5. The summed E-state index contributed by atoms with van der Waals surface area (Å²) in [5.74, 6) is 0.878. The number of nitrogens with zero attached hydrogens (tertiary/aromatic N) is 4. The van der Waals surface area contributed by atoms with Crippen LogP contribution in [0.4, 0.5) is 27.9 Å². The molecule has 0 fully saturated rings. The van der Waals surface area contributed by atoms with Crippen molar-refractivity contribution in [2.45, 2.75) is 25.9 Å². The zero-order valence-corrected chi connectivity index (χ0v) is 17.4. The minimum absolute atomic E-state index is 0.195. The van der Waals surface area contributed by atoms with Gasteiger partial charge in [-0.15, -0.1) is 0 Å². The fourth-order valence-corrected chi connectivity index (χ4v) is 3.63. The summed E-state index contributed by atoms with van der Waals surface area (Å²) in [5, 5.41) is 13.6. The van der Waals surface area contributed by atoms with Gasteiger partial charge in [0.05, 0.1) is 18.7 Å². The second kappa shape index (κ2) is 8.30. The molecular formula is C22H22ClN5O2. The minimum atomic E-state index is -0.460. The Morgan fingerprint density at radius 1 is 1.17 bits per heavy atom. The summed E-state index contributed by atoms with van der Waals surface area (Å²) in [5.41, 5.74) is 2.35. The highest BCUT2D eigenvalue weighted by molar-refractivity contribution is 6.30. The molecule has 2 atom stereocenters. The van der Waals surface area contributed by atoms with Gasteiger partial charge in [0.1, 0.15) is 5.82 Å². The maximum Gasteiger partial charge on any atom is 0.331 e. The van der Waals surface area contributed by atoms with Crippen molar-refractivity contribution in [2.75, 3.05) is 21.7 Å². The van der Waals surface area contributed by atoms with Gasteiger partial charge in [0.25, 0.3) is 0 Å². The monoisotopic (exact) mass is 423 g/mol. The van der Waals surface area contributed by atoms with E-state index in [4.69, 9.17) is 11.6 Å². The lowest BCUT2D eigenvalue weighted by Crippen LogP contribution is -2.54. The molecule has 30 heavy (non-hydrogen) atoms. The molecule has 1 aromatic heterocycles. The first kappa shape index (κ1) is 20.1. The average molecular weight is 424 g/mol. The van der Waals surface area contributed by atoms with E-state index in [2.05, 4.69) is 15.3 Å². The van der Waals surface area contributed by atoms with Crippen LogP contribution in [0.1, 0.15) is 25.5 Å². The molecule has 7 nitrogen and oxygen atoms in total. The van der Waals surface area contributed by atoms with Crippen molar-refractivity contribution in [1.29, 1.82) is 0 Å². The van der Waals surface area contributed by atoms with E-state index in [-0.39, 0.29) is 18.7 Å². The number of halogens is 1. The molecule has 2 heterocycles. The summed E-state index contributed by atoms with van der Waals surface area (Å²) in [4.78, 5) is 25.7. The van der Waals surface area contributed by atoms with Crippen molar-refractivity contribution in [2.24, 2.45) is 0 Å². The third-order valence-electron chi connectivity index (χ3n) is 5.11. The molecule has 0 aliphatic carbocycles. The molecule has 3 aromatic rings. The molecule has 0 unspecified atom stereocenters. The van der Waals surface area contributed by atoms with Crippen molar-refractivity contribution < 1.29 is 9.90 Å². The van der Waals surface area contributed by atoms with Crippen LogP contribution >= 0.6 is 11.6 Å². The molecule has 8 heteroatoms. The van der Waals surface area contributed by atoms with E-state index in [0.717, 1.165) is 11.3 Å². The minimum Gasteiger partial charge on any atom is -0.394 e. The SMILES string of the molecule is C[C@H](CO)N1C(=O)N(c2ccc(Cl)cc2)[C@H](C)c2cnc(Nc3ccccc3)nc21. The molecule has 2 N–H and O–H groups in total. The first-order valence-electron chi connectivity index (χ1n) is 9.67. The van der Waals surface area contributed by atoms with Gasteiger partial charge in [-0.05, 0) is 50.2 Å². The summed E-state index contributed by atoms with van der Waals surface area (Å²) in [6, 6.07) is 15.7. The fourth-order valence-electron chi connectivity index (χ4n) is 3.51. The summed E-state index contributed by atoms with van der Waals surface area (Å²) in [6.45, 7) is 3.52. The smallest absolute Gasteiger partial charge is 0.331 e. The van der Waals surface area contributed by atoms with Crippen LogP contribution in [-0.2, 0) is 0 Å². The lowest BCUT2D eigenvalue weighted by molar-refractivity contribution is 0.233. The number of amides is 2. The summed E-state index contributed by atoms with van der Waals surface area (Å²) in [6.07, 6.45) is 1.73. The molecule has 1 aliphatic heterocycles. The van der Waals surface area contributed by atoms with E-state index in [1.54, 1.807) is 42.3 Å². The van der Waals surface area contributed by atoms with Crippen LogP contribution in [0.5, 0.6) is 0 Å². The van der Waals surface area contributed by atoms with Crippen molar-refractivity contribution in [3.8, 4) is 0 Å². The predicted molar refractivity (Wildman–Crippen MR) is 119 cm³/mol. The number of aromatic nitrogens is 2. The number of aliphatic hydroxyl groups is 1. The number of hydrogen-bond acceptors (Lipinski definition) is 5. The van der Waals surface area contributed by atoms with Crippen LogP contribution in [0, 0.1) is 0 Å². The predicted octanol–water partition coefficient (Wildman–Crippen LogP) is 4.76. The van der Waals surface area contributed by atoms with Crippen LogP contribution in [0.25, 0.3) is 0 Å². The first-order valence-corrected chi connectivity index (χ1v) is 10.0. The second-order valence-corrected chi connectivity index (χ2v) is 7.61. The number of anilines is 4. The Hall–Kier alpha value is -3.16. The number of carbonyl (C=O) groups excluding carboxylic acids is 1. The van der Waals surface area contributed by atoms with E-state index >= 15 is 0 Å². The Labute approximate surface area is 179 Å². The van der Waals surface area contributed by atoms with Gasteiger partial charge in [-0.2, -0.15) is 4.98 Å². The van der Waals surface area contributed by atoms with Crippen molar-refractivity contribution >= 4 is 40.8 Å². The lowest BCUT2D eigenvalue weighted by Gasteiger charge is -2.42. The molecule has 4 rings (SSSR count). The molecule has 1 aliphatic rings. The molecule has 0 saturated carbocycles. The van der Waals surface area contributed by atoms with Crippen molar-refractivity contribution in [3.63, 3.8) is 0 Å². The number of rotatable bonds is 5. The molecule has 0 spiro atoms. The van der Waals surface area contributed by atoms with Gasteiger partial charge in [-0.25, -0.2) is 9.78 Å². The Balaban J connectivity index is 1.77. The highest BCUT2D eigenvalue weighted by Crippen LogP contribution is 2.39. The number of carbonyl (C=O) groups is 1. The van der Waals surface area contributed by atoms with E-state index in [0.29, 0.717) is 22.5 Å². The van der Waals surface area contributed by atoms with Gasteiger partial charge in [-0.1, -0.05) is 29.8 Å². The zero-order chi connectivity index (χ0) is 21.3. The van der Waals surface area contributed by atoms with Gasteiger partial charge in [0, 0.05) is 28.2 Å². The number of benzene rings is 2.